The van der Waals surface area contributed by atoms with E-state index >= 15 is 0 Å². The van der Waals surface area contributed by atoms with E-state index in [1.165, 1.54) is 17.7 Å². The van der Waals surface area contributed by atoms with Crippen LogP contribution in [0.25, 0.3) is 0 Å². The van der Waals surface area contributed by atoms with Crippen molar-refractivity contribution < 1.29 is 0 Å². The monoisotopic (exact) mass is 218 g/mol. The molecule has 0 amide bonds. The topological polar surface area (TPSA) is 15.3 Å². The lowest BCUT2D eigenvalue weighted by atomic mass is 10.1. The Labute approximate surface area is 98.7 Å². The van der Waals surface area contributed by atoms with E-state index in [2.05, 4.69) is 48.3 Å². The van der Waals surface area contributed by atoms with Crippen LogP contribution >= 0.6 is 0 Å². The molecule has 2 heteroatoms. The average Bonchev–Trinajstić information content (AvgIpc) is 2.39. The molecule has 1 aliphatic heterocycles. The second-order valence-corrected chi connectivity index (χ2v) is 4.53. The van der Waals surface area contributed by atoms with Gasteiger partial charge in [0.05, 0.1) is 0 Å². The van der Waals surface area contributed by atoms with E-state index < -0.39 is 0 Å². The first-order valence-corrected chi connectivity index (χ1v) is 6.40. The fourth-order valence-electron chi connectivity index (χ4n) is 2.31. The van der Waals surface area contributed by atoms with Gasteiger partial charge in [-0.2, -0.15) is 0 Å². The van der Waals surface area contributed by atoms with Crippen LogP contribution in [0.1, 0.15) is 25.8 Å². The second-order valence-electron chi connectivity index (χ2n) is 4.53. The van der Waals surface area contributed by atoms with Crippen molar-refractivity contribution in [3.05, 3.63) is 29.8 Å². The number of nitrogens with one attached hydrogen (secondary N) is 1. The van der Waals surface area contributed by atoms with Crippen LogP contribution in [-0.4, -0.2) is 25.7 Å². The van der Waals surface area contributed by atoms with E-state index in [-0.39, 0.29) is 0 Å². The molecule has 0 bridgehead atoms. The largest absolute Gasteiger partial charge is 0.369 e. The first kappa shape index (κ1) is 11.5. The molecule has 2 rings (SSSR count). The van der Waals surface area contributed by atoms with E-state index in [9.17, 15) is 0 Å². The van der Waals surface area contributed by atoms with Crippen LogP contribution < -0.4 is 10.2 Å². The highest BCUT2D eigenvalue weighted by molar-refractivity contribution is 5.49. The van der Waals surface area contributed by atoms with Gasteiger partial charge in [0.25, 0.3) is 0 Å². The lowest BCUT2D eigenvalue weighted by Crippen LogP contribution is -2.50. The summed E-state index contributed by atoms with van der Waals surface area (Å²) in [6.07, 6.45) is 2.33. The molecule has 1 aromatic carbocycles. The molecule has 1 N–H and O–H groups in total. The standard InChI is InChI=1S/C14H22N2/c1-3-12-6-5-7-14(10-12)16-9-8-15-13(4-2)11-16/h5-7,10,13,15H,3-4,8-9,11H2,1-2H3. The molecule has 0 radical (unpaired) electrons. The SMILES string of the molecule is CCc1cccc(N2CCNC(CC)C2)c1. The molecular weight excluding hydrogens is 196 g/mol. The van der Waals surface area contributed by atoms with Crippen molar-refractivity contribution in [2.24, 2.45) is 0 Å². The highest BCUT2D eigenvalue weighted by atomic mass is 15.2. The van der Waals surface area contributed by atoms with E-state index in [1.807, 2.05) is 0 Å². The van der Waals surface area contributed by atoms with E-state index in [1.54, 1.807) is 0 Å². The van der Waals surface area contributed by atoms with Crippen molar-refractivity contribution in [3.63, 3.8) is 0 Å². The lowest BCUT2D eigenvalue weighted by molar-refractivity contribution is 0.447. The molecule has 0 aromatic heterocycles. The van der Waals surface area contributed by atoms with Crippen molar-refractivity contribution in [1.82, 2.24) is 5.32 Å². The predicted octanol–water partition coefficient (Wildman–Crippen LogP) is 2.44. The Morgan fingerprint density at radius 3 is 3.00 bits per heavy atom. The van der Waals surface area contributed by atoms with Gasteiger partial charge in [0.2, 0.25) is 0 Å². The molecule has 1 fully saturated rings. The summed E-state index contributed by atoms with van der Waals surface area (Å²) in [5.41, 5.74) is 2.82. The van der Waals surface area contributed by atoms with Crippen LogP contribution in [0.3, 0.4) is 0 Å². The summed E-state index contributed by atoms with van der Waals surface area (Å²) in [5, 5.41) is 3.56. The third-order valence-corrected chi connectivity index (χ3v) is 3.43. The van der Waals surface area contributed by atoms with Crippen LogP contribution in [0.4, 0.5) is 5.69 Å². The van der Waals surface area contributed by atoms with E-state index in [0.717, 1.165) is 26.1 Å². The zero-order chi connectivity index (χ0) is 11.4. The Morgan fingerprint density at radius 2 is 2.25 bits per heavy atom. The summed E-state index contributed by atoms with van der Waals surface area (Å²) in [5.74, 6) is 0. The second kappa shape index (κ2) is 5.35. The van der Waals surface area contributed by atoms with Crippen molar-refractivity contribution in [3.8, 4) is 0 Å². The van der Waals surface area contributed by atoms with Crippen LogP contribution in [0.5, 0.6) is 0 Å². The number of rotatable bonds is 3. The van der Waals surface area contributed by atoms with Gasteiger partial charge in [0.15, 0.2) is 0 Å². The first-order chi connectivity index (χ1) is 7.83. The average molecular weight is 218 g/mol. The molecule has 88 valence electrons. The predicted molar refractivity (Wildman–Crippen MR) is 70.1 cm³/mol. The van der Waals surface area contributed by atoms with Gasteiger partial charge < -0.3 is 10.2 Å². The molecule has 1 saturated heterocycles. The van der Waals surface area contributed by atoms with Gasteiger partial charge in [0.1, 0.15) is 0 Å². The van der Waals surface area contributed by atoms with Gasteiger partial charge in [-0.3, -0.25) is 0 Å². The summed E-state index contributed by atoms with van der Waals surface area (Å²) in [4.78, 5) is 2.50. The third-order valence-electron chi connectivity index (χ3n) is 3.43. The van der Waals surface area contributed by atoms with Gasteiger partial charge in [0, 0.05) is 31.4 Å². The summed E-state index contributed by atoms with van der Waals surface area (Å²) in [6, 6.07) is 9.61. The first-order valence-electron chi connectivity index (χ1n) is 6.40. The molecule has 1 aliphatic rings. The third kappa shape index (κ3) is 2.56. The van der Waals surface area contributed by atoms with Crippen molar-refractivity contribution in [1.29, 1.82) is 0 Å². The quantitative estimate of drug-likeness (QED) is 0.838. The minimum Gasteiger partial charge on any atom is -0.369 e. The summed E-state index contributed by atoms with van der Waals surface area (Å²) in [7, 11) is 0. The van der Waals surface area contributed by atoms with Gasteiger partial charge in [-0.05, 0) is 30.5 Å². The fraction of sp³-hybridized carbons (Fsp3) is 0.571. The maximum atomic E-state index is 3.56. The molecular formula is C14H22N2. The van der Waals surface area contributed by atoms with Crippen LogP contribution in [0.2, 0.25) is 0 Å². The van der Waals surface area contributed by atoms with Crippen LogP contribution in [0.15, 0.2) is 24.3 Å². The van der Waals surface area contributed by atoms with Gasteiger partial charge in [-0.25, -0.2) is 0 Å². The van der Waals surface area contributed by atoms with Crippen LogP contribution in [0, 0.1) is 0 Å². The number of piperazine rings is 1. The molecule has 0 spiro atoms. The van der Waals surface area contributed by atoms with Gasteiger partial charge in [-0.1, -0.05) is 26.0 Å². The molecule has 1 heterocycles. The fourth-order valence-corrected chi connectivity index (χ4v) is 2.31. The van der Waals surface area contributed by atoms with E-state index in [0.29, 0.717) is 6.04 Å². The lowest BCUT2D eigenvalue weighted by Gasteiger charge is -2.35. The zero-order valence-electron chi connectivity index (χ0n) is 10.4. The van der Waals surface area contributed by atoms with Gasteiger partial charge in [-0.15, -0.1) is 0 Å². The number of benzene rings is 1. The summed E-state index contributed by atoms with van der Waals surface area (Å²) < 4.78 is 0. The summed E-state index contributed by atoms with van der Waals surface area (Å²) in [6.45, 7) is 7.84. The molecule has 0 saturated carbocycles. The maximum absolute atomic E-state index is 3.56. The number of hydrogen-bond donors (Lipinski definition) is 1. The Bertz CT molecular complexity index is 335. The van der Waals surface area contributed by atoms with Crippen molar-refractivity contribution in [2.45, 2.75) is 32.7 Å². The van der Waals surface area contributed by atoms with Gasteiger partial charge >= 0.3 is 0 Å². The Balaban J connectivity index is 2.10. The maximum Gasteiger partial charge on any atom is 0.0369 e. The van der Waals surface area contributed by atoms with Crippen LogP contribution in [-0.2, 0) is 6.42 Å². The Morgan fingerprint density at radius 1 is 1.38 bits per heavy atom. The highest BCUT2D eigenvalue weighted by Gasteiger charge is 2.17. The minimum atomic E-state index is 0.652. The molecule has 16 heavy (non-hydrogen) atoms. The number of nitrogens with zero attached hydrogens (tertiary/aromatic N) is 1. The normalized spacial score (nSPS) is 21.1. The van der Waals surface area contributed by atoms with Crippen molar-refractivity contribution >= 4 is 5.69 Å². The number of hydrogen-bond acceptors (Lipinski definition) is 2. The molecule has 1 atom stereocenters. The molecule has 1 unspecified atom stereocenters. The Hall–Kier alpha value is -1.02. The molecule has 2 nitrogen and oxygen atoms in total. The van der Waals surface area contributed by atoms with E-state index in [4.69, 9.17) is 0 Å². The molecule has 1 aromatic rings. The smallest absolute Gasteiger partial charge is 0.0369 e. The Kier molecular flexibility index (Phi) is 3.83. The number of aryl methyl sites for hydroxylation is 1. The molecule has 0 aliphatic carbocycles. The zero-order valence-corrected chi connectivity index (χ0v) is 10.4. The summed E-state index contributed by atoms with van der Waals surface area (Å²) >= 11 is 0. The highest BCUT2D eigenvalue weighted by Crippen LogP contribution is 2.18. The minimum absolute atomic E-state index is 0.652. The number of anilines is 1. The van der Waals surface area contributed by atoms with Crippen molar-refractivity contribution in [2.75, 3.05) is 24.5 Å².